The average molecular weight is 353 g/mol. The standard InChI is InChI=1S/C11H15Br2NS/c1-8-6-14(4-2-9(8)12)7-11-10(13)3-5-15-11/h3,5,8-9H,2,4,6-7H2,1H3. The van der Waals surface area contributed by atoms with Crippen LogP contribution >= 0.6 is 43.2 Å². The Bertz CT molecular complexity index is 326. The van der Waals surface area contributed by atoms with Gasteiger partial charge in [-0.25, -0.2) is 0 Å². The van der Waals surface area contributed by atoms with Crippen LogP contribution in [0.2, 0.25) is 0 Å². The third kappa shape index (κ3) is 3.05. The first kappa shape index (κ1) is 12.1. The van der Waals surface area contributed by atoms with Crippen LogP contribution < -0.4 is 0 Å². The van der Waals surface area contributed by atoms with E-state index in [1.807, 2.05) is 11.3 Å². The van der Waals surface area contributed by atoms with Crippen molar-refractivity contribution in [3.05, 3.63) is 20.8 Å². The summed E-state index contributed by atoms with van der Waals surface area (Å²) >= 11 is 9.18. The molecule has 0 bridgehead atoms. The second kappa shape index (κ2) is 5.30. The fraction of sp³-hybridized carbons (Fsp3) is 0.636. The van der Waals surface area contributed by atoms with Gasteiger partial charge < -0.3 is 0 Å². The second-order valence-corrected chi connectivity index (χ2v) is 7.24. The summed E-state index contributed by atoms with van der Waals surface area (Å²) in [7, 11) is 0. The normalized spacial score (nSPS) is 28.2. The van der Waals surface area contributed by atoms with Crippen molar-refractivity contribution in [3.63, 3.8) is 0 Å². The zero-order valence-corrected chi connectivity index (χ0v) is 12.7. The molecule has 0 radical (unpaired) electrons. The summed E-state index contributed by atoms with van der Waals surface area (Å²) in [6, 6.07) is 2.14. The van der Waals surface area contributed by atoms with Gasteiger partial charge in [-0.1, -0.05) is 22.9 Å². The van der Waals surface area contributed by atoms with Crippen molar-refractivity contribution in [2.75, 3.05) is 13.1 Å². The maximum atomic E-state index is 3.74. The lowest BCUT2D eigenvalue weighted by atomic mass is 10.0. The first-order valence-corrected chi connectivity index (χ1v) is 7.84. The van der Waals surface area contributed by atoms with Gasteiger partial charge in [0.25, 0.3) is 0 Å². The molecule has 1 saturated heterocycles. The highest BCUT2D eigenvalue weighted by Crippen LogP contribution is 2.28. The number of rotatable bonds is 2. The maximum Gasteiger partial charge on any atom is 0.0339 e. The molecule has 0 spiro atoms. The Morgan fingerprint density at radius 3 is 3.00 bits per heavy atom. The largest absolute Gasteiger partial charge is 0.298 e. The highest BCUT2D eigenvalue weighted by Gasteiger charge is 2.24. The van der Waals surface area contributed by atoms with E-state index in [1.165, 1.54) is 28.9 Å². The molecule has 1 fully saturated rings. The Morgan fingerprint density at radius 1 is 1.60 bits per heavy atom. The number of alkyl halides is 1. The molecule has 15 heavy (non-hydrogen) atoms. The molecule has 2 atom stereocenters. The van der Waals surface area contributed by atoms with Crippen LogP contribution in [0.1, 0.15) is 18.2 Å². The molecule has 1 nitrogen and oxygen atoms in total. The molecule has 1 aromatic rings. The van der Waals surface area contributed by atoms with Gasteiger partial charge in [0.05, 0.1) is 0 Å². The monoisotopic (exact) mass is 351 g/mol. The van der Waals surface area contributed by atoms with E-state index in [4.69, 9.17) is 0 Å². The smallest absolute Gasteiger partial charge is 0.0339 e. The molecule has 1 aromatic heterocycles. The zero-order valence-electron chi connectivity index (χ0n) is 8.75. The molecule has 0 amide bonds. The van der Waals surface area contributed by atoms with Crippen LogP contribution in [0.25, 0.3) is 0 Å². The highest BCUT2D eigenvalue weighted by atomic mass is 79.9. The highest BCUT2D eigenvalue weighted by molar-refractivity contribution is 9.10. The summed E-state index contributed by atoms with van der Waals surface area (Å²) in [5, 5.41) is 2.15. The molecular formula is C11H15Br2NS. The fourth-order valence-corrected chi connectivity index (χ4v) is 3.88. The summed E-state index contributed by atoms with van der Waals surface area (Å²) in [5.41, 5.74) is 0. The van der Waals surface area contributed by atoms with Crippen molar-refractivity contribution >= 4 is 43.2 Å². The van der Waals surface area contributed by atoms with Crippen LogP contribution in [0.3, 0.4) is 0 Å². The molecule has 84 valence electrons. The molecule has 4 heteroatoms. The van der Waals surface area contributed by atoms with Crippen LogP contribution in [-0.2, 0) is 6.54 Å². The van der Waals surface area contributed by atoms with Crippen LogP contribution in [0, 0.1) is 5.92 Å². The van der Waals surface area contributed by atoms with E-state index >= 15 is 0 Å². The van der Waals surface area contributed by atoms with Gasteiger partial charge in [0, 0.05) is 27.3 Å². The van der Waals surface area contributed by atoms with Gasteiger partial charge in [0.15, 0.2) is 0 Å². The van der Waals surface area contributed by atoms with Crippen LogP contribution in [0.15, 0.2) is 15.9 Å². The van der Waals surface area contributed by atoms with Crippen molar-refractivity contribution in [2.45, 2.75) is 24.7 Å². The summed E-state index contributed by atoms with van der Waals surface area (Å²) in [6.45, 7) is 5.85. The van der Waals surface area contributed by atoms with E-state index in [1.54, 1.807) is 0 Å². The Labute approximate surface area is 112 Å². The number of likely N-dealkylation sites (tertiary alicyclic amines) is 1. The molecule has 2 rings (SSSR count). The van der Waals surface area contributed by atoms with Gasteiger partial charge in [0.1, 0.15) is 0 Å². The van der Waals surface area contributed by atoms with Crippen LogP contribution in [0.4, 0.5) is 0 Å². The fourth-order valence-electron chi connectivity index (χ4n) is 1.99. The van der Waals surface area contributed by atoms with Gasteiger partial charge in [-0.15, -0.1) is 11.3 Å². The van der Waals surface area contributed by atoms with E-state index in [2.05, 4.69) is 55.1 Å². The SMILES string of the molecule is CC1CN(Cc2sccc2Br)CCC1Br. The predicted molar refractivity (Wildman–Crippen MR) is 73.8 cm³/mol. The number of thiophene rings is 1. The first-order chi connectivity index (χ1) is 7.16. The average Bonchev–Trinajstić information content (AvgIpc) is 2.59. The van der Waals surface area contributed by atoms with E-state index in [-0.39, 0.29) is 0 Å². The Hall–Kier alpha value is 0.620. The number of piperidine rings is 1. The molecule has 1 aliphatic heterocycles. The van der Waals surface area contributed by atoms with Gasteiger partial charge >= 0.3 is 0 Å². The van der Waals surface area contributed by atoms with Gasteiger partial charge in [-0.3, -0.25) is 4.90 Å². The predicted octanol–water partition coefficient (Wildman–Crippen LogP) is 4.12. The maximum absolute atomic E-state index is 3.74. The topological polar surface area (TPSA) is 3.24 Å². The lowest BCUT2D eigenvalue weighted by Gasteiger charge is -2.34. The summed E-state index contributed by atoms with van der Waals surface area (Å²) < 4.78 is 1.26. The molecule has 0 N–H and O–H groups in total. The van der Waals surface area contributed by atoms with Crippen molar-refractivity contribution in [2.24, 2.45) is 5.92 Å². The Morgan fingerprint density at radius 2 is 2.40 bits per heavy atom. The Kier molecular flexibility index (Phi) is 4.27. The second-order valence-electron chi connectivity index (χ2n) is 4.21. The van der Waals surface area contributed by atoms with E-state index in [0.29, 0.717) is 4.83 Å². The summed E-state index contributed by atoms with van der Waals surface area (Å²) in [4.78, 5) is 4.72. The third-order valence-corrected chi connectivity index (χ3v) is 6.21. The number of hydrogen-bond acceptors (Lipinski definition) is 2. The van der Waals surface area contributed by atoms with Crippen molar-refractivity contribution < 1.29 is 0 Å². The summed E-state index contributed by atoms with van der Waals surface area (Å²) in [5.74, 6) is 0.762. The molecule has 2 unspecified atom stereocenters. The molecular weight excluding hydrogens is 338 g/mol. The van der Waals surface area contributed by atoms with E-state index < -0.39 is 0 Å². The minimum atomic E-state index is 0.709. The van der Waals surface area contributed by atoms with Crippen LogP contribution in [0.5, 0.6) is 0 Å². The number of hydrogen-bond donors (Lipinski definition) is 0. The minimum Gasteiger partial charge on any atom is -0.298 e. The lowest BCUT2D eigenvalue weighted by Crippen LogP contribution is -2.39. The molecule has 1 aliphatic rings. The number of nitrogens with zero attached hydrogens (tertiary/aromatic N) is 1. The third-order valence-electron chi connectivity index (χ3n) is 2.94. The van der Waals surface area contributed by atoms with Gasteiger partial charge in [-0.2, -0.15) is 0 Å². The summed E-state index contributed by atoms with van der Waals surface area (Å²) in [6.07, 6.45) is 1.27. The number of halogens is 2. The zero-order chi connectivity index (χ0) is 10.8. The van der Waals surface area contributed by atoms with Crippen molar-refractivity contribution in [3.8, 4) is 0 Å². The molecule has 0 aromatic carbocycles. The van der Waals surface area contributed by atoms with Crippen molar-refractivity contribution in [1.82, 2.24) is 4.90 Å². The van der Waals surface area contributed by atoms with Crippen molar-refractivity contribution in [1.29, 1.82) is 0 Å². The Balaban J connectivity index is 1.94. The lowest BCUT2D eigenvalue weighted by molar-refractivity contribution is 0.185. The molecule has 0 aliphatic carbocycles. The minimum absolute atomic E-state index is 0.709. The molecule has 0 saturated carbocycles. The van der Waals surface area contributed by atoms with Gasteiger partial charge in [-0.05, 0) is 46.3 Å². The quantitative estimate of drug-likeness (QED) is 0.724. The van der Waals surface area contributed by atoms with E-state index in [0.717, 1.165) is 12.5 Å². The first-order valence-electron chi connectivity index (χ1n) is 5.25. The van der Waals surface area contributed by atoms with Gasteiger partial charge in [0.2, 0.25) is 0 Å². The molecule has 2 heterocycles. The van der Waals surface area contributed by atoms with Crippen LogP contribution in [-0.4, -0.2) is 22.8 Å². The van der Waals surface area contributed by atoms with E-state index in [9.17, 15) is 0 Å².